The van der Waals surface area contributed by atoms with E-state index in [0.717, 1.165) is 19.0 Å². The molecule has 0 aromatic rings. The molecule has 0 aromatic heterocycles. The second-order valence-corrected chi connectivity index (χ2v) is 5.17. The van der Waals surface area contributed by atoms with Crippen molar-refractivity contribution in [1.29, 1.82) is 0 Å². The van der Waals surface area contributed by atoms with E-state index in [0.29, 0.717) is 12.5 Å². The highest BCUT2D eigenvalue weighted by atomic mass is 32.2. The van der Waals surface area contributed by atoms with Crippen molar-refractivity contribution in [3.8, 4) is 0 Å². The van der Waals surface area contributed by atoms with E-state index in [2.05, 4.69) is 11.6 Å². The maximum absolute atomic E-state index is 9.15. The molecule has 1 rings (SSSR count). The van der Waals surface area contributed by atoms with Crippen LogP contribution in [-0.4, -0.2) is 36.8 Å². The molecule has 1 fully saturated rings. The maximum atomic E-state index is 9.15. The van der Waals surface area contributed by atoms with Crippen LogP contribution >= 0.6 is 11.8 Å². The molecule has 1 aliphatic carbocycles. The molecular weight excluding hydrogens is 194 g/mol. The van der Waals surface area contributed by atoms with Crippen LogP contribution in [-0.2, 0) is 0 Å². The summed E-state index contributed by atoms with van der Waals surface area (Å²) in [5.74, 6) is 2.55. The highest BCUT2D eigenvalue weighted by molar-refractivity contribution is 7.98. The van der Waals surface area contributed by atoms with Crippen LogP contribution in [0, 0.1) is 11.8 Å². The lowest BCUT2D eigenvalue weighted by Crippen LogP contribution is -2.27. The minimum absolute atomic E-state index is 0.386. The first kappa shape index (κ1) is 12.3. The van der Waals surface area contributed by atoms with Crippen LogP contribution in [0.4, 0.5) is 0 Å². The number of nitrogens with one attached hydrogen (secondary N) is 1. The third-order valence-electron chi connectivity index (χ3n) is 3.16. The summed E-state index contributed by atoms with van der Waals surface area (Å²) in [6.45, 7) is 2.63. The predicted molar refractivity (Wildman–Crippen MR) is 63.8 cm³/mol. The third-order valence-corrected chi connectivity index (χ3v) is 3.86. The zero-order valence-corrected chi connectivity index (χ0v) is 9.98. The molecule has 0 heterocycles. The standard InChI is InChI=1S/C11H23NOS/c1-14-7-3-6-12-8-10-4-2-5-11(10)9-13/h10-13H,2-9H2,1H3. The summed E-state index contributed by atoms with van der Waals surface area (Å²) in [6.07, 6.45) is 7.26. The van der Waals surface area contributed by atoms with Gasteiger partial charge in [-0.15, -0.1) is 0 Å². The third kappa shape index (κ3) is 4.20. The van der Waals surface area contributed by atoms with E-state index in [1.807, 2.05) is 11.8 Å². The fraction of sp³-hybridized carbons (Fsp3) is 1.00. The number of hydrogen-bond donors (Lipinski definition) is 2. The summed E-state index contributed by atoms with van der Waals surface area (Å²) in [5.41, 5.74) is 0. The highest BCUT2D eigenvalue weighted by Crippen LogP contribution is 2.30. The van der Waals surface area contributed by atoms with Crippen LogP contribution in [0.5, 0.6) is 0 Å². The lowest BCUT2D eigenvalue weighted by Gasteiger charge is -2.17. The quantitative estimate of drug-likeness (QED) is 0.637. The number of rotatable bonds is 7. The Morgan fingerprint density at radius 1 is 1.36 bits per heavy atom. The van der Waals surface area contributed by atoms with Crippen molar-refractivity contribution in [2.75, 3.05) is 31.7 Å². The van der Waals surface area contributed by atoms with E-state index >= 15 is 0 Å². The Morgan fingerprint density at radius 3 is 2.86 bits per heavy atom. The van der Waals surface area contributed by atoms with Gasteiger partial charge in [-0.1, -0.05) is 6.42 Å². The van der Waals surface area contributed by atoms with Gasteiger partial charge < -0.3 is 10.4 Å². The molecule has 84 valence electrons. The number of aliphatic hydroxyl groups excluding tert-OH is 1. The Hall–Kier alpha value is 0.270. The summed E-state index contributed by atoms with van der Waals surface area (Å²) in [4.78, 5) is 0. The first-order chi connectivity index (χ1) is 6.88. The van der Waals surface area contributed by atoms with Crippen molar-refractivity contribution in [3.05, 3.63) is 0 Å². The predicted octanol–water partition coefficient (Wildman–Crippen LogP) is 1.74. The number of aliphatic hydroxyl groups is 1. The van der Waals surface area contributed by atoms with Crippen molar-refractivity contribution in [2.24, 2.45) is 11.8 Å². The zero-order valence-electron chi connectivity index (χ0n) is 9.17. The smallest absolute Gasteiger partial charge is 0.0462 e. The van der Waals surface area contributed by atoms with Gasteiger partial charge in [0.05, 0.1) is 0 Å². The van der Waals surface area contributed by atoms with Crippen LogP contribution in [0.2, 0.25) is 0 Å². The van der Waals surface area contributed by atoms with Gasteiger partial charge in [0.1, 0.15) is 0 Å². The van der Waals surface area contributed by atoms with E-state index in [1.54, 1.807) is 0 Å². The molecule has 0 radical (unpaired) electrons. The van der Waals surface area contributed by atoms with E-state index in [-0.39, 0.29) is 0 Å². The summed E-state index contributed by atoms with van der Waals surface area (Å²) < 4.78 is 0. The van der Waals surface area contributed by atoms with Crippen molar-refractivity contribution in [2.45, 2.75) is 25.7 Å². The van der Waals surface area contributed by atoms with Gasteiger partial charge in [-0.05, 0) is 56.2 Å². The topological polar surface area (TPSA) is 32.3 Å². The molecule has 2 N–H and O–H groups in total. The van der Waals surface area contributed by atoms with Crippen molar-refractivity contribution in [3.63, 3.8) is 0 Å². The van der Waals surface area contributed by atoms with Crippen LogP contribution < -0.4 is 5.32 Å². The molecule has 0 aromatic carbocycles. The molecule has 0 aliphatic heterocycles. The van der Waals surface area contributed by atoms with Crippen molar-refractivity contribution < 1.29 is 5.11 Å². The van der Waals surface area contributed by atoms with Gasteiger partial charge in [0.15, 0.2) is 0 Å². The monoisotopic (exact) mass is 217 g/mol. The molecule has 1 aliphatic rings. The molecule has 0 spiro atoms. The van der Waals surface area contributed by atoms with Crippen LogP contribution in [0.25, 0.3) is 0 Å². The summed E-state index contributed by atoms with van der Waals surface area (Å²) in [7, 11) is 0. The second kappa shape index (κ2) is 7.55. The van der Waals surface area contributed by atoms with Gasteiger partial charge in [0.25, 0.3) is 0 Å². The Kier molecular flexibility index (Phi) is 6.65. The molecule has 1 saturated carbocycles. The lowest BCUT2D eigenvalue weighted by atomic mass is 9.97. The number of thioether (sulfide) groups is 1. The van der Waals surface area contributed by atoms with Gasteiger partial charge in [0, 0.05) is 6.61 Å². The Bertz CT molecular complexity index is 143. The molecule has 0 saturated heterocycles. The normalized spacial score (nSPS) is 27.0. The molecular formula is C11H23NOS. The first-order valence-corrected chi connectivity index (χ1v) is 7.08. The largest absolute Gasteiger partial charge is 0.396 e. The highest BCUT2D eigenvalue weighted by Gasteiger charge is 2.25. The molecule has 3 heteroatoms. The van der Waals surface area contributed by atoms with Crippen LogP contribution in [0.3, 0.4) is 0 Å². The maximum Gasteiger partial charge on any atom is 0.0462 e. The zero-order chi connectivity index (χ0) is 10.2. The Morgan fingerprint density at radius 2 is 2.14 bits per heavy atom. The van der Waals surface area contributed by atoms with E-state index < -0.39 is 0 Å². The molecule has 0 bridgehead atoms. The SMILES string of the molecule is CSCCCNCC1CCCC1CO. The van der Waals surface area contributed by atoms with E-state index in [4.69, 9.17) is 5.11 Å². The molecule has 2 atom stereocenters. The molecule has 0 amide bonds. The summed E-state index contributed by atoms with van der Waals surface area (Å²) in [5, 5.41) is 12.6. The van der Waals surface area contributed by atoms with E-state index in [9.17, 15) is 0 Å². The average molecular weight is 217 g/mol. The minimum Gasteiger partial charge on any atom is -0.396 e. The van der Waals surface area contributed by atoms with E-state index in [1.165, 1.54) is 31.4 Å². The molecule has 2 nitrogen and oxygen atoms in total. The summed E-state index contributed by atoms with van der Waals surface area (Å²) in [6, 6.07) is 0. The first-order valence-electron chi connectivity index (χ1n) is 5.69. The van der Waals surface area contributed by atoms with Crippen LogP contribution in [0.1, 0.15) is 25.7 Å². The average Bonchev–Trinajstić information content (AvgIpc) is 2.65. The van der Waals surface area contributed by atoms with Gasteiger partial charge in [-0.2, -0.15) is 11.8 Å². The Balaban J connectivity index is 2.00. The van der Waals surface area contributed by atoms with Gasteiger partial charge >= 0.3 is 0 Å². The fourth-order valence-electron chi connectivity index (χ4n) is 2.25. The lowest BCUT2D eigenvalue weighted by molar-refractivity contribution is 0.192. The van der Waals surface area contributed by atoms with Crippen LogP contribution in [0.15, 0.2) is 0 Å². The second-order valence-electron chi connectivity index (χ2n) is 4.18. The Labute approximate surface area is 91.9 Å². The van der Waals surface area contributed by atoms with Crippen molar-refractivity contribution >= 4 is 11.8 Å². The van der Waals surface area contributed by atoms with Gasteiger partial charge in [-0.25, -0.2) is 0 Å². The minimum atomic E-state index is 0.386. The summed E-state index contributed by atoms with van der Waals surface area (Å²) >= 11 is 1.91. The fourth-order valence-corrected chi connectivity index (χ4v) is 2.68. The van der Waals surface area contributed by atoms with Crippen molar-refractivity contribution in [1.82, 2.24) is 5.32 Å². The van der Waals surface area contributed by atoms with Gasteiger partial charge in [-0.3, -0.25) is 0 Å². The molecule has 2 unspecified atom stereocenters. The number of hydrogen-bond acceptors (Lipinski definition) is 3. The molecule has 14 heavy (non-hydrogen) atoms. The van der Waals surface area contributed by atoms with Gasteiger partial charge in [0.2, 0.25) is 0 Å².